The second-order valence-electron chi connectivity index (χ2n) is 6.39. The Labute approximate surface area is 154 Å². The van der Waals surface area contributed by atoms with Gasteiger partial charge in [0.1, 0.15) is 5.82 Å². The molecule has 0 bridgehead atoms. The third-order valence-electron chi connectivity index (χ3n) is 4.85. The molecule has 0 radical (unpaired) electrons. The van der Waals surface area contributed by atoms with E-state index in [4.69, 9.17) is 9.40 Å². The summed E-state index contributed by atoms with van der Waals surface area (Å²) in [5.74, 6) is 1.41. The van der Waals surface area contributed by atoms with Gasteiger partial charge < -0.3 is 13.9 Å². The minimum Gasteiger partial charge on any atom is -0.458 e. The summed E-state index contributed by atoms with van der Waals surface area (Å²) in [6.45, 7) is 3.57. The Morgan fingerprint density at radius 2 is 2.20 bits per heavy atom. The van der Waals surface area contributed by atoms with Gasteiger partial charge in [0.15, 0.2) is 0 Å². The molecule has 1 amide bonds. The molecular weight excluding hydrogens is 382 g/mol. The van der Waals surface area contributed by atoms with Crippen LogP contribution in [0, 0.1) is 0 Å². The van der Waals surface area contributed by atoms with Gasteiger partial charge in [-0.1, -0.05) is 19.1 Å². The SMILES string of the molecule is CCc1nc2ccccc2n1C1CCCN(C(=O)c2occc2Br)C1. The molecule has 130 valence electrons. The number of piperidine rings is 1. The summed E-state index contributed by atoms with van der Waals surface area (Å²) in [7, 11) is 0. The van der Waals surface area contributed by atoms with Gasteiger partial charge in [-0.2, -0.15) is 0 Å². The number of imidazole rings is 1. The first kappa shape index (κ1) is 16.4. The van der Waals surface area contributed by atoms with Crippen LogP contribution in [0.15, 0.2) is 45.5 Å². The highest BCUT2D eigenvalue weighted by molar-refractivity contribution is 9.10. The van der Waals surface area contributed by atoms with Gasteiger partial charge in [0.2, 0.25) is 5.76 Å². The van der Waals surface area contributed by atoms with Crippen molar-refractivity contribution in [3.8, 4) is 0 Å². The number of benzene rings is 1. The third-order valence-corrected chi connectivity index (χ3v) is 5.47. The van der Waals surface area contributed by atoms with Crippen molar-refractivity contribution >= 4 is 32.9 Å². The molecular formula is C19H20BrN3O2. The van der Waals surface area contributed by atoms with Gasteiger partial charge in [-0.15, -0.1) is 0 Å². The number of fused-ring (bicyclic) bond motifs is 1. The number of aryl methyl sites for hydroxylation is 1. The van der Waals surface area contributed by atoms with E-state index in [0.717, 1.165) is 42.7 Å². The van der Waals surface area contributed by atoms with Gasteiger partial charge in [-0.05, 0) is 47.0 Å². The predicted molar refractivity (Wildman–Crippen MR) is 99.7 cm³/mol. The molecule has 0 saturated carbocycles. The molecule has 2 aromatic heterocycles. The maximum Gasteiger partial charge on any atom is 0.290 e. The van der Waals surface area contributed by atoms with E-state index in [1.165, 1.54) is 6.26 Å². The standard InChI is InChI=1S/C19H20BrN3O2/c1-2-17-21-15-7-3-4-8-16(15)23(17)13-6-5-10-22(12-13)19(24)18-14(20)9-11-25-18/h3-4,7-9,11,13H,2,5-6,10,12H2,1H3. The van der Waals surface area contributed by atoms with Crippen LogP contribution in [0.4, 0.5) is 0 Å². The lowest BCUT2D eigenvalue weighted by atomic mass is 10.0. The van der Waals surface area contributed by atoms with Gasteiger partial charge in [0.05, 0.1) is 27.8 Å². The Hall–Kier alpha value is -2.08. The number of carbonyl (C=O) groups excluding carboxylic acids is 1. The number of carbonyl (C=O) groups is 1. The van der Waals surface area contributed by atoms with Crippen LogP contribution in [0.3, 0.4) is 0 Å². The van der Waals surface area contributed by atoms with Crippen LogP contribution < -0.4 is 0 Å². The number of amides is 1. The van der Waals surface area contributed by atoms with Gasteiger partial charge in [-0.3, -0.25) is 4.79 Å². The second kappa shape index (κ2) is 6.67. The average molecular weight is 402 g/mol. The van der Waals surface area contributed by atoms with E-state index in [-0.39, 0.29) is 11.9 Å². The smallest absolute Gasteiger partial charge is 0.290 e. The molecule has 1 aromatic carbocycles. The van der Waals surface area contributed by atoms with E-state index in [1.807, 2.05) is 17.0 Å². The number of likely N-dealkylation sites (tertiary alicyclic amines) is 1. The van der Waals surface area contributed by atoms with Crippen LogP contribution in [0.2, 0.25) is 0 Å². The summed E-state index contributed by atoms with van der Waals surface area (Å²) in [5.41, 5.74) is 2.18. The summed E-state index contributed by atoms with van der Waals surface area (Å²) in [5, 5.41) is 0. The molecule has 5 nitrogen and oxygen atoms in total. The summed E-state index contributed by atoms with van der Waals surface area (Å²) >= 11 is 3.39. The molecule has 1 unspecified atom stereocenters. The van der Waals surface area contributed by atoms with Crippen molar-refractivity contribution < 1.29 is 9.21 Å². The number of furan rings is 1. The van der Waals surface area contributed by atoms with Gasteiger partial charge in [0.25, 0.3) is 5.91 Å². The minimum atomic E-state index is -0.0518. The topological polar surface area (TPSA) is 51.3 Å². The number of halogens is 1. The van der Waals surface area contributed by atoms with Crippen molar-refractivity contribution in [1.29, 1.82) is 0 Å². The zero-order valence-electron chi connectivity index (χ0n) is 14.1. The fraction of sp³-hybridized carbons (Fsp3) is 0.368. The Morgan fingerprint density at radius 3 is 2.96 bits per heavy atom. The van der Waals surface area contributed by atoms with Crippen LogP contribution in [0.5, 0.6) is 0 Å². The monoisotopic (exact) mass is 401 g/mol. The second-order valence-corrected chi connectivity index (χ2v) is 7.24. The normalized spacial score (nSPS) is 18.0. The molecule has 3 heterocycles. The molecule has 0 spiro atoms. The van der Waals surface area contributed by atoms with Gasteiger partial charge >= 0.3 is 0 Å². The number of rotatable bonds is 3. The van der Waals surface area contributed by atoms with E-state index in [1.54, 1.807) is 6.07 Å². The van der Waals surface area contributed by atoms with E-state index in [0.29, 0.717) is 16.8 Å². The maximum atomic E-state index is 12.8. The number of hydrogen-bond donors (Lipinski definition) is 0. The Balaban J connectivity index is 1.66. The molecule has 25 heavy (non-hydrogen) atoms. The molecule has 1 atom stereocenters. The van der Waals surface area contributed by atoms with Crippen LogP contribution in [-0.4, -0.2) is 33.4 Å². The number of hydrogen-bond acceptors (Lipinski definition) is 3. The summed E-state index contributed by atoms with van der Waals surface area (Å²) in [6.07, 6.45) is 4.45. The molecule has 0 aliphatic carbocycles. The minimum absolute atomic E-state index is 0.0518. The van der Waals surface area contributed by atoms with E-state index >= 15 is 0 Å². The van der Waals surface area contributed by atoms with Gasteiger partial charge in [0, 0.05) is 19.5 Å². The molecule has 1 aliphatic heterocycles. The zero-order valence-corrected chi connectivity index (χ0v) is 15.7. The van der Waals surface area contributed by atoms with Crippen molar-refractivity contribution in [1.82, 2.24) is 14.5 Å². The van der Waals surface area contributed by atoms with E-state index < -0.39 is 0 Å². The molecule has 1 saturated heterocycles. The highest BCUT2D eigenvalue weighted by Gasteiger charge is 2.29. The summed E-state index contributed by atoms with van der Waals surface area (Å²) < 4.78 is 8.40. The van der Waals surface area contributed by atoms with Crippen LogP contribution in [-0.2, 0) is 6.42 Å². The van der Waals surface area contributed by atoms with Crippen LogP contribution in [0.25, 0.3) is 11.0 Å². The third kappa shape index (κ3) is 2.88. The van der Waals surface area contributed by atoms with Gasteiger partial charge in [-0.25, -0.2) is 4.98 Å². The first-order valence-corrected chi connectivity index (χ1v) is 9.46. The molecule has 6 heteroatoms. The summed E-state index contributed by atoms with van der Waals surface area (Å²) in [4.78, 5) is 19.5. The largest absolute Gasteiger partial charge is 0.458 e. The predicted octanol–water partition coefficient (Wildman–Crippen LogP) is 4.43. The summed E-state index contributed by atoms with van der Waals surface area (Å²) in [6, 6.07) is 10.2. The molecule has 0 N–H and O–H groups in total. The van der Waals surface area contributed by atoms with Crippen molar-refractivity contribution in [2.45, 2.75) is 32.2 Å². The number of nitrogens with zero attached hydrogens (tertiary/aromatic N) is 3. The molecule has 1 fully saturated rings. The highest BCUT2D eigenvalue weighted by Crippen LogP contribution is 2.30. The van der Waals surface area contributed by atoms with Crippen molar-refractivity contribution in [3.05, 3.63) is 52.7 Å². The van der Waals surface area contributed by atoms with E-state index in [2.05, 4.69) is 39.6 Å². The van der Waals surface area contributed by atoms with E-state index in [9.17, 15) is 4.79 Å². The highest BCUT2D eigenvalue weighted by atomic mass is 79.9. The van der Waals surface area contributed by atoms with Crippen LogP contribution >= 0.6 is 15.9 Å². The Kier molecular flexibility index (Phi) is 4.37. The average Bonchev–Trinajstić information content (AvgIpc) is 3.24. The van der Waals surface area contributed by atoms with Crippen molar-refractivity contribution in [2.75, 3.05) is 13.1 Å². The van der Waals surface area contributed by atoms with Crippen LogP contribution in [0.1, 0.15) is 42.2 Å². The fourth-order valence-corrected chi connectivity index (χ4v) is 4.06. The molecule has 4 rings (SSSR count). The lowest BCUT2D eigenvalue weighted by Gasteiger charge is -2.34. The molecule has 1 aliphatic rings. The lowest BCUT2D eigenvalue weighted by molar-refractivity contribution is 0.0646. The van der Waals surface area contributed by atoms with Crippen molar-refractivity contribution in [2.24, 2.45) is 0 Å². The fourth-order valence-electron chi connectivity index (χ4n) is 3.69. The number of aromatic nitrogens is 2. The molecule has 3 aromatic rings. The van der Waals surface area contributed by atoms with Crippen molar-refractivity contribution in [3.63, 3.8) is 0 Å². The maximum absolute atomic E-state index is 12.8. The quantitative estimate of drug-likeness (QED) is 0.651. The zero-order chi connectivity index (χ0) is 17.4. The first-order chi connectivity index (χ1) is 12.2. The Morgan fingerprint density at radius 1 is 1.36 bits per heavy atom. The Bertz CT molecular complexity index is 914. The number of para-hydroxylation sites is 2. The first-order valence-electron chi connectivity index (χ1n) is 8.67. The lowest BCUT2D eigenvalue weighted by Crippen LogP contribution is -2.41.